The van der Waals surface area contributed by atoms with Gasteiger partial charge in [0.25, 0.3) is 5.22 Å². The molecule has 2 heterocycles. The number of hydrogen-bond donors (Lipinski definition) is 1. The maximum Gasteiger partial charge on any atom is 0.277 e. The van der Waals surface area contributed by atoms with Crippen LogP contribution in [-0.4, -0.2) is 21.9 Å². The van der Waals surface area contributed by atoms with Crippen molar-refractivity contribution < 1.29 is 9.21 Å². The zero-order chi connectivity index (χ0) is 20.2. The molecule has 2 aromatic heterocycles. The molecule has 0 radical (unpaired) electrons. The quantitative estimate of drug-likeness (QED) is 0.422. The Morgan fingerprint density at radius 1 is 1.28 bits per heavy atom. The zero-order valence-electron chi connectivity index (χ0n) is 15.4. The third-order valence-electron chi connectivity index (χ3n) is 4.62. The van der Waals surface area contributed by atoms with Crippen molar-refractivity contribution in [3.63, 3.8) is 0 Å². The van der Waals surface area contributed by atoms with Gasteiger partial charge >= 0.3 is 0 Å². The molecule has 3 aromatic rings. The average Bonchev–Trinajstić information content (AvgIpc) is 3.24. The molecule has 0 aliphatic heterocycles. The van der Waals surface area contributed by atoms with Gasteiger partial charge in [0.05, 0.1) is 21.9 Å². The van der Waals surface area contributed by atoms with Crippen molar-refractivity contribution in [2.24, 2.45) is 0 Å². The molecule has 29 heavy (non-hydrogen) atoms. The molecule has 1 aliphatic rings. The van der Waals surface area contributed by atoms with E-state index in [-0.39, 0.29) is 16.9 Å². The molecule has 0 spiro atoms. The van der Waals surface area contributed by atoms with Crippen LogP contribution in [0.1, 0.15) is 35.3 Å². The van der Waals surface area contributed by atoms with E-state index in [4.69, 9.17) is 16.0 Å². The van der Waals surface area contributed by atoms with E-state index in [9.17, 15) is 10.1 Å². The Labute approximate surface area is 181 Å². The van der Waals surface area contributed by atoms with Crippen molar-refractivity contribution in [2.45, 2.75) is 37.3 Å². The normalized spacial score (nSPS) is 13.4. The number of carbonyl (C=O) groups excluding carboxylic acids is 1. The number of anilines is 1. The van der Waals surface area contributed by atoms with Gasteiger partial charge in [-0.15, -0.1) is 21.5 Å². The first-order valence-corrected chi connectivity index (χ1v) is 11.4. The number of nitrogens with one attached hydrogen (secondary N) is 1. The van der Waals surface area contributed by atoms with Gasteiger partial charge in [-0.25, -0.2) is 0 Å². The SMILES string of the molecule is N#Cc1c(NC(=O)CSc2nnc(-c3ccccc3Cl)o2)sc2c1CCCCC2. The lowest BCUT2D eigenvalue weighted by molar-refractivity contribution is -0.113. The van der Waals surface area contributed by atoms with E-state index in [1.165, 1.54) is 22.6 Å². The Balaban J connectivity index is 1.40. The van der Waals surface area contributed by atoms with Gasteiger partial charge in [-0.2, -0.15) is 5.26 Å². The fraction of sp³-hybridized carbons (Fsp3) is 0.300. The van der Waals surface area contributed by atoms with Crippen molar-refractivity contribution in [1.29, 1.82) is 5.26 Å². The van der Waals surface area contributed by atoms with Gasteiger partial charge < -0.3 is 9.73 Å². The number of thiophene rings is 1. The van der Waals surface area contributed by atoms with Crippen LogP contribution in [-0.2, 0) is 17.6 Å². The molecule has 0 fully saturated rings. The molecule has 1 aliphatic carbocycles. The molecule has 148 valence electrons. The molecule has 0 atom stereocenters. The summed E-state index contributed by atoms with van der Waals surface area (Å²) in [5.41, 5.74) is 2.37. The number of carbonyl (C=O) groups is 1. The first-order valence-electron chi connectivity index (χ1n) is 9.21. The summed E-state index contributed by atoms with van der Waals surface area (Å²) in [5, 5.41) is 21.9. The van der Waals surface area contributed by atoms with E-state index in [1.54, 1.807) is 12.1 Å². The summed E-state index contributed by atoms with van der Waals surface area (Å²) in [6.07, 6.45) is 5.29. The predicted octanol–water partition coefficient (Wildman–Crippen LogP) is 5.32. The molecule has 4 rings (SSSR count). The van der Waals surface area contributed by atoms with Crippen molar-refractivity contribution in [3.05, 3.63) is 45.3 Å². The minimum atomic E-state index is -0.208. The van der Waals surface area contributed by atoms with Crippen molar-refractivity contribution >= 4 is 45.6 Å². The molecule has 0 unspecified atom stereocenters. The minimum absolute atomic E-state index is 0.109. The van der Waals surface area contributed by atoms with Crippen LogP contribution in [0.4, 0.5) is 5.00 Å². The van der Waals surface area contributed by atoms with Crippen LogP contribution in [0.15, 0.2) is 33.9 Å². The summed E-state index contributed by atoms with van der Waals surface area (Å²) in [7, 11) is 0. The number of thioether (sulfide) groups is 1. The van der Waals surface area contributed by atoms with Crippen LogP contribution in [0.25, 0.3) is 11.5 Å². The first kappa shape index (κ1) is 20.0. The second-order valence-electron chi connectivity index (χ2n) is 6.57. The minimum Gasteiger partial charge on any atom is -0.411 e. The van der Waals surface area contributed by atoms with Gasteiger partial charge in [-0.3, -0.25) is 4.79 Å². The fourth-order valence-electron chi connectivity index (χ4n) is 3.25. The number of halogens is 1. The number of nitrogens with zero attached hydrogens (tertiary/aromatic N) is 3. The Morgan fingerprint density at radius 2 is 2.10 bits per heavy atom. The molecule has 1 amide bonds. The number of aryl methyl sites for hydroxylation is 1. The Bertz CT molecular complexity index is 1090. The number of nitriles is 1. The van der Waals surface area contributed by atoms with E-state index >= 15 is 0 Å². The zero-order valence-corrected chi connectivity index (χ0v) is 17.8. The molecular weight excluding hydrogens is 428 g/mol. The second kappa shape index (κ2) is 8.99. The highest BCUT2D eigenvalue weighted by molar-refractivity contribution is 7.99. The van der Waals surface area contributed by atoms with Gasteiger partial charge in [-0.05, 0) is 43.4 Å². The Hall–Kier alpha value is -2.34. The van der Waals surface area contributed by atoms with Crippen molar-refractivity contribution in [3.8, 4) is 17.5 Å². The topological polar surface area (TPSA) is 91.8 Å². The van der Waals surface area contributed by atoms with Crippen molar-refractivity contribution in [1.82, 2.24) is 10.2 Å². The predicted molar refractivity (Wildman–Crippen MR) is 114 cm³/mol. The first-order chi connectivity index (χ1) is 14.2. The summed E-state index contributed by atoms with van der Waals surface area (Å²) in [6, 6.07) is 9.47. The highest BCUT2D eigenvalue weighted by atomic mass is 35.5. The molecule has 6 nitrogen and oxygen atoms in total. The average molecular weight is 445 g/mol. The van der Waals surface area contributed by atoms with Crippen LogP contribution >= 0.6 is 34.7 Å². The second-order valence-corrected chi connectivity index (χ2v) is 9.01. The molecule has 1 N–H and O–H groups in total. The Kier molecular flexibility index (Phi) is 6.19. The van der Waals surface area contributed by atoms with Gasteiger partial charge in [0.1, 0.15) is 11.1 Å². The third kappa shape index (κ3) is 4.47. The van der Waals surface area contributed by atoms with Gasteiger partial charge in [0.15, 0.2) is 0 Å². The molecule has 9 heteroatoms. The van der Waals surface area contributed by atoms with Crippen LogP contribution in [0.2, 0.25) is 5.02 Å². The standard InChI is InChI=1S/C20H17ClN4O2S2/c21-15-8-5-4-7-13(15)18-24-25-20(27-18)28-11-17(26)23-19-14(10-22)12-6-2-1-3-9-16(12)29-19/h4-5,7-8H,1-3,6,9,11H2,(H,23,26). The van der Waals surface area contributed by atoms with Crippen molar-refractivity contribution in [2.75, 3.05) is 11.1 Å². The molecule has 0 saturated heterocycles. The number of hydrogen-bond acceptors (Lipinski definition) is 7. The third-order valence-corrected chi connectivity index (χ3v) is 6.98. The number of benzene rings is 1. The van der Waals surface area contributed by atoms with Crippen LogP contribution < -0.4 is 5.32 Å². The van der Waals surface area contributed by atoms with Crippen LogP contribution in [0, 0.1) is 11.3 Å². The molecule has 0 bridgehead atoms. The lowest BCUT2D eigenvalue weighted by Gasteiger charge is -2.02. The fourth-order valence-corrected chi connectivity index (χ4v) is 5.29. The van der Waals surface area contributed by atoms with E-state index in [0.717, 1.165) is 43.0 Å². The molecule has 1 aromatic carbocycles. The van der Waals surface area contributed by atoms with E-state index in [2.05, 4.69) is 21.6 Å². The van der Waals surface area contributed by atoms with Gasteiger partial charge in [-0.1, -0.05) is 41.9 Å². The van der Waals surface area contributed by atoms with Crippen LogP contribution in [0.5, 0.6) is 0 Å². The lowest BCUT2D eigenvalue weighted by Crippen LogP contribution is -2.14. The smallest absolute Gasteiger partial charge is 0.277 e. The highest BCUT2D eigenvalue weighted by Crippen LogP contribution is 2.37. The number of fused-ring (bicyclic) bond motifs is 1. The summed E-state index contributed by atoms with van der Waals surface area (Å²) >= 11 is 8.81. The Morgan fingerprint density at radius 3 is 2.93 bits per heavy atom. The summed E-state index contributed by atoms with van der Waals surface area (Å²) < 4.78 is 5.60. The van der Waals surface area contributed by atoms with Gasteiger partial charge in [0.2, 0.25) is 11.8 Å². The summed E-state index contributed by atoms with van der Waals surface area (Å²) in [6.45, 7) is 0. The lowest BCUT2D eigenvalue weighted by atomic mass is 10.1. The summed E-state index contributed by atoms with van der Waals surface area (Å²) in [5.74, 6) is 0.213. The highest BCUT2D eigenvalue weighted by Gasteiger charge is 2.21. The number of amides is 1. The number of aromatic nitrogens is 2. The maximum absolute atomic E-state index is 12.4. The van der Waals surface area contributed by atoms with Gasteiger partial charge in [0, 0.05) is 4.88 Å². The van der Waals surface area contributed by atoms with E-state index in [0.29, 0.717) is 27.0 Å². The van der Waals surface area contributed by atoms with Crippen LogP contribution in [0.3, 0.4) is 0 Å². The monoisotopic (exact) mass is 444 g/mol. The molecular formula is C20H17ClN4O2S2. The molecule has 0 saturated carbocycles. The maximum atomic E-state index is 12.4. The van der Waals surface area contributed by atoms with E-state index in [1.807, 2.05) is 12.1 Å². The van der Waals surface area contributed by atoms with E-state index < -0.39 is 0 Å². The largest absolute Gasteiger partial charge is 0.411 e. The summed E-state index contributed by atoms with van der Waals surface area (Å²) in [4.78, 5) is 13.6. The number of rotatable bonds is 5.